The number of nitrogens with zero attached hydrogens (tertiary/aromatic N) is 3. The third kappa shape index (κ3) is 3.03. The second kappa shape index (κ2) is 7.48. The molecule has 150 valence electrons. The summed E-state index contributed by atoms with van der Waals surface area (Å²) in [5, 5.41) is 22.8. The van der Waals surface area contributed by atoms with E-state index in [9.17, 15) is 10.2 Å². The zero-order chi connectivity index (χ0) is 20.5. The molecular formula is C24H22N4O2. The van der Waals surface area contributed by atoms with E-state index >= 15 is 0 Å². The molecule has 0 fully saturated rings. The van der Waals surface area contributed by atoms with Crippen LogP contribution in [0, 0.1) is 0 Å². The summed E-state index contributed by atoms with van der Waals surface area (Å²) in [4.78, 5) is 7.39. The maximum Gasteiger partial charge on any atom is 0.235 e. The Morgan fingerprint density at radius 2 is 1.73 bits per heavy atom. The van der Waals surface area contributed by atoms with Crippen molar-refractivity contribution >= 4 is 10.9 Å². The van der Waals surface area contributed by atoms with Gasteiger partial charge in [-0.1, -0.05) is 48.5 Å². The van der Waals surface area contributed by atoms with Gasteiger partial charge >= 0.3 is 0 Å². The number of imidazole rings is 1. The second-order valence-corrected chi connectivity index (χ2v) is 7.32. The number of para-hydroxylation sites is 1. The number of fused-ring (bicyclic) bond motifs is 1. The number of hydrogen-bond acceptors (Lipinski definition) is 3. The first-order valence-corrected chi connectivity index (χ1v) is 9.96. The fraction of sp³-hybridized carbons (Fsp3) is 0.125. The molecule has 0 atom stereocenters. The zero-order valence-corrected chi connectivity index (χ0v) is 16.4. The van der Waals surface area contributed by atoms with Crippen LogP contribution in [-0.4, -0.2) is 29.3 Å². The number of rotatable bonds is 6. The molecule has 0 unspecified atom stereocenters. The van der Waals surface area contributed by atoms with Crippen LogP contribution in [0.15, 0.2) is 79.5 Å². The van der Waals surface area contributed by atoms with Gasteiger partial charge in [0.1, 0.15) is 0 Å². The molecule has 0 spiro atoms. The number of aromatic hydroxyl groups is 2. The van der Waals surface area contributed by atoms with E-state index in [1.54, 1.807) is 12.5 Å². The Morgan fingerprint density at radius 1 is 0.933 bits per heavy atom. The monoisotopic (exact) mass is 398 g/mol. The van der Waals surface area contributed by atoms with Crippen LogP contribution in [0.3, 0.4) is 0 Å². The SMILES string of the molecule is Oc1c(-c2ccccc2)c(-c2c[nH]c3ccccc23)n(CCCn2ccnc2)c1O. The van der Waals surface area contributed by atoms with Crippen molar-refractivity contribution < 1.29 is 10.2 Å². The molecule has 0 aliphatic heterocycles. The first-order chi connectivity index (χ1) is 14.7. The summed E-state index contributed by atoms with van der Waals surface area (Å²) < 4.78 is 3.81. The Hall–Kier alpha value is -3.93. The topological polar surface area (TPSA) is 79.0 Å². The molecule has 3 heterocycles. The lowest BCUT2D eigenvalue weighted by atomic mass is 10.00. The van der Waals surface area contributed by atoms with Crippen LogP contribution in [0.25, 0.3) is 33.3 Å². The van der Waals surface area contributed by atoms with Crippen molar-refractivity contribution in [2.24, 2.45) is 0 Å². The largest absolute Gasteiger partial charge is 0.503 e. The summed E-state index contributed by atoms with van der Waals surface area (Å²) >= 11 is 0. The van der Waals surface area contributed by atoms with Crippen molar-refractivity contribution in [3.05, 3.63) is 79.5 Å². The van der Waals surface area contributed by atoms with Gasteiger partial charge in [0.2, 0.25) is 5.88 Å². The number of H-pyrrole nitrogens is 1. The maximum atomic E-state index is 10.9. The van der Waals surface area contributed by atoms with Gasteiger partial charge < -0.3 is 24.3 Å². The molecule has 0 radical (unpaired) electrons. The van der Waals surface area contributed by atoms with E-state index in [2.05, 4.69) is 9.97 Å². The van der Waals surface area contributed by atoms with Crippen LogP contribution < -0.4 is 0 Å². The Labute approximate surface area is 173 Å². The molecule has 30 heavy (non-hydrogen) atoms. The first-order valence-electron chi connectivity index (χ1n) is 9.96. The van der Waals surface area contributed by atoms with E-state index < -0.39 is 0 Å². The quantitative estimate of drug-likeness (QED) is 0.376. The molecule has 5 aromatic rings. The molecule has 6 heteroatoms. The van der Waals surface area contributed by atoms with Gasteiger partial charge in [-0.2, -0.15) is 0 Å². The molecular weight excluding hydrogens is 376 g/mol. The van der Waals surface area contributed by atoms with Crippen molar-refractivity contribution in [2.45, 2.75) is 19.5 Å². The fourth-order valence-electron chi connectivity index (χ4n) is 4.07. The van der Waals surface area contributed by atoms with Gasteiger partial charge in [0.15, 0.2) is 5.75 Å². The summed E-state index contributed by atoms with van der Waals surface area (Å²) in [7, 11) is 0. The summed E-state index contributed by atoms with van der Waals surface area (Å²) in [6.07, 6.45) is 8.18. The minimum absolute atomic E-state index is 0.0934. The molecule has 0 aliphatic rings. The molecule has 6 nitrogen and oxygen atoms in total. The Kier molecular flexibility index (Phi) is 4.52. The average molecular weight is 398 g/mol. The van der Waals surface area contributed by atoms with Crippen LogP contribution in [0.5, 0.6) is 11.6 Å². The molecule has 5 rings (SSSR count). The lowest BCUT2D eigenvalue weighted by molar-refractivity contribution is 0.369. The summed E-state index contributed by atoms with van der Waals surface area (Å²) in [6.45, 7) is 1.33. The number of aromatic amines is 1. The highest BCUT2D eigenvalue weighted by atomic mass is 16.3. The van der Waals surface area contributed by atoms with Gasteiger partial charge in [-0.25, -0.2) is 4.98 Å². The van der Waals surface area contributed by atoms with Gasteiger partial charge in [0.25, 0.3) is 0 Å². The molecule has 2 aromatic carbocycles. The van der Waals surface area contributed by atoms with Crippen molar-refractivity contribution in [2.75, 3.05) is 0 Å². The number of aryl methyl sites for hydroxylation is 1. The summed E-state index contributed by atoms with van der Waals surface area (Å²) in [5.41, 5.74) is 4.26. The second-order valence-electron chi connectivity index (χ2n) is 7.32. The highest BCUT2D eigenvalue weighted by Gasteiger charge is 2.26. The van der Waals surface area contributed by atoms with Gasteiger partial charge in [-0.05, 0) is 18.1 Å². The molecule has 0 aliphatic carbocycles. The smallest absolute Gasteiger partial charge is 0.235 e. The molecule has 0 saturated carbocycles. The minimum Gasteiger partial charge on any atom is -0.503 e. The average Bonchev–Trinajstić information content (AvgIpc) is 3.49. The van der Waals surface area contributed by atoms with Gasteiger partial charge in [0.05, 0.1) is 17.6 Å². The van der Waals surface area contributed by atoms with E-state index in [-0.39, 0.29) is 11.6 Å². The molecule has 0 saturated heterocycles. The van der Waals surface area contributed by atoms with Crippen molar-refractivity contribution in [3.63, 3.8) is 0 Å². The van der Waals surface area contributed by atoms with Crippen LogP contribution >= 0.6 is 0 Å². The Balaban J connectivity index is 1.66. The van der Waals surface area contributed by atoms with E-state index in [4.69, 9.17) is 0 Å². The zero-order valence-electron chi connectivity index (χ0n) is 16.4. The highest BCUT2D eigenvalue weighted by molar-refractivity contribution is 6.00. The number of nitrogens with one attached hydrogen (secondary N) is 1. The Morgan fingerprint density at radius 3 is 2.53 bits per heavy atom. The first kappa shape index (κ1) is 18.1. The van der Waals surface area contributed by atoms with E-state index in [1.807, 2.05) is 76.1 Å². The molecule has 0 amide bonds. The third-order valence-corrected chi connectivity index (χ3v) is 5.48. The standard InChI is InChI=1S/C24H22N4O2/c29-23-21(17-7-2-1-3-8-17)22(19-15-26-20-10-5-4-9-18(19)20)28(24(23)30)13-6-12-27-14-11-25-16-27/h1-5,7-11,14-16,26,29-30H,6,12-13H2. The fourth-order valence-corrected chi connectivity index (χ4v) is 4.07. The number of aromatic nitrogens is 4. The molecule has 0 bridgehead atoms. The lowest BCUT2D eigenvalue weighted by Crippen LogP contribution is -2.04. The minimum atomic E-state index is -0.111. The number of hydrogen-bond donors (Lipinski definition) is 3. The van der Waals surface area contributed by atoms with Crippen LogP contribution in [0.4, 0.5) is 0 Å². The predicted octanol–water partition coefficient (Wildman–Crippen LogP) is 5.00. The number of benzene rings is 2. The molecule has 3 aromatic heterocycles. The lowest BCUT2D eigenvalue weighted by Gasteiger charge is -2.12. The highest BCUT2D eigenvalue weighted by Crippen LogP contribution is 2.48. The normalized spacial score (nSPS) is 11.3. The Bertz CT molecular complexity index is 1280. The molecule has 3 N–H and O–H groups in total. The van der Waals surface area contributed by atoms with Gasteiger partial charge in [0, 0.05) is 48.1 Å². The van der Waals surface area contributed by atoms with Crippen molar-refractivity contribution in [1.29, 1.82) is 0 Å². The summed E-state index contributed by atoms with van der Waals surface area (Å²) in [5.74, 6) is -0.205. The van der Waals surface area contributed by atoms with Crippen molar-refractivity contribution in [3.8, 4) is 34.0 Å². The van der Waals surface area contributed by atoms with Crippen LogP contribution in [-0.2, 0) is 13.1 Å². The van der Waals surface area contributed by atoms with Crippen LogP contribution in [0.1, 0.15) is 6.42 Å². The van der Waals surface area contributed by atoms with Gasteiger partial charge in [-0.3, -0.25) is 0 Å². The third-order valence-electron chi connectivity index (χ3n) is 5.48. The van der Waals surface area contributed by atoms with E-state index in [0.29, 0.717) is 12.1 Å². The van der Waals surface area contributed by atoms with Crippen LogP contribution in [0.2, 0.25) is 0 Å². The predicted molar refractivity (Wildman–Crippen MR) is 117 cm³/mol. The van der Waals surface area contributed by atoms with E-state index in [1.165, 1.54) is 0 Å². The van der Waals surface area contributed by atoms with Gasteiger partial charge in [-0.15, -0.1) is 0 Å². The van der Waals surface area contributed by atoms with E-state index in [0.717, 1.165) is 40.7 Å². The van der Waals surface area contributed by atoms with Crippen molar-refractivity contribution in [1.82, 2.24) is 19.1 Å². The maximum absolute atomic E-state index is 10.9. The summed E-state index contributed by atoms with van der Waals surface area (Å²) in [6, 6.07) is 17.7.